The van der Waals surface area contributed by atoms with Gasteiger partial charge in [-0.25, -0.2) is 13.4 Å². The number of aromatic nitrogens is 1. The molecule has 0 saturated carbocycles. The molecule has 1 saturated heterocycles. The van der Waals surface area contributed by atoms with Crippen LogP contribution in [0.5, 0.6) is 0 Å². The second-order valence-electron chi connectivity index (χ2n) is 5.48. The summed E-state index contributed by atoms with van der Waals surface area (Å²) in [6.07, 6.45) is 3.97. The van der Waals surface area contributed by atoms with Gasteiger partial charge in [0.05, 0.1) is 11.3 Å². The van der Waals surface area contributed by atoms with Gasteiger partial charge >= 0.3 is 0 Å². The maximum atomic E-state index is 11.2. The quantitative estimate of drug-likeness (QED) is 0.834. The van der Waals surface area contributed by atoms with Crippen molar-refractivity contribution in [2.75, 3.05) is 43.5 Å². The van der Waals surface area contributed by atoms with Gasteiger partial charge in [0, 0.05) is 32.1 Å². The van der Waals surface area contributed by atoms with Crippen molar-refractivity contribution >= 4 is 15.7 Å². The highest BCUT2D eigenvalue weighted by atomic mass is 32.2. The molecule has 21 heavy (non-hydrogen) atoms. The Kier molecular flexibility index (Phi) is 5.15. The fourth-order valence-corrected chi connectivity index (χ4v) is 3.04. The van der Waals surface area contributed by atoms with E-state index in [2.05, 4.69) is 21.3 Å². The highest BCUT2D eigenvalue weighted by molar-refractivity contribution is 7.90. The van der Waals surface area contributed by atoms with Crippen LogP contribution in [0.2, 0.25) is 0 Å². The molecule has 7 heteroatoms. The molecule has 1 N–H and O–H groups in total. The number of hydrogen-bond donors (Lipinski definition) is 1. The van der Waals surface area contributed by atoms with Gasteiger partial charge in [-0.1, -0.05) is 0 Å². The number of nitriles is 1. The molecule has 0 aliphatic carbocycles. The van der Waals surface area contributed by atoms with Gasteiger partial charge in [-0.3, -0.25) is 0 Å². The van der Waals surface area contributed by atoms with E-state index in [1.165, 1.54) is 6.26 Å². The van der Waals surface area contributed by atoms with E-state index >= 15 is 0 Å². The molecule has 0 bridgehead atoms. The SMILES string of the molecule is CS(=O)(=O)CCN1CC[C@@H](CNc2ncccc2C#N)C1. The molecule has 1 atom stereocenters. The van der Waals surface area contributed by atoms with Crippen LogP contribution in [-0.2, 0) is 9.84 Å². The summed E-state index contributed by atoms with van der Waals surface area (Å²) in [6.45, 7) is 3.16. The summed E-state index contributed by atoms with van der Waals surface area (Å²) in [5.41, 5.74) is 0.546. The standard InChI is InChI=1S/C14H20N4O2S/c1-21(19,20)8-7-18-6-4-12(11-18)10-17-14-13(9-15)3-2-5-16-14/h2-3,5,12H,4,6-8,10-11H2,1H3,(H,16,17)/t12-/m0/s1. The van der Waals surface area contributed by atoms with Gasteiger partial charge in [0.15, 0.2) is 0 Å². The maximum absolute atomic E-state index is 11.2. The summed E-state index contributed by atoms with van der Waals surface area (Å²) in [5, 5.41) is 12.2. The van der Waals surface area contributed by atoms with Gasteiger partial charge in [-0.2, -0.15) is 5.26 Å². The van der Waals surface area contributed by atoms with Crippen molar-refractivity contribution in [3.63, 3.8) is 0 Å². The van der Waals surface area contributed by atoms with Crippen LogP contribution in [0.3, 0.4) is 0 Å². The van der Waals surface area contributed by atoms with Crippen molar-refractivity contribution in [3.8, 4) is 6.07 Å². The lowest BCUT2D eigenvalue weighted by atomic mass is 10.1. The first-order chi connectivity index (χ1) is 9.98. The molecule has 0 spiro atoms. The molecule has 0 aromatic carbocycles. The van der Waals surface area contributed by atoms with E-state index < -0.39 is 9.84 Å². The topological polar surface area (TPSA) is 86.1 Å². The number of hydrogen-bond acceptors (Lipinski definition) is 6. The molecule has 1 aliphatic rings. The second kappa shape index (κ2) is 6.87. The predicted octanol–water partition coefficient (Wildman–Crippen LogP) is 0.732. The predicted molar refractivity (Wildman–Crippen MR) is 81.7 cm³/mol. The first kappa shape index (κ1) is 15.7. The minimum atomic E-state index is -2.90. The number of pyridine rings is 1. The van der Waals surface area contributed by atoms with Crippen molar-refractivity contribution in [1.82, 2.24) is 9.88 Å². The zero-order chi connectivity index (χ0) is 15.3. The van der Waals surface area contributed by atoms with Crippen LogP contribution in [0.1, 0.15) is 12.0 Å². The van der Waals surface area contributed by atoms with Gasteiger partial charge in [-0.15, -0.1) is 0 Å². The average molecular weight is 308 g/mol. The van der Waals surface area contributed by atoms with E-state index in [9.17, 15) is 8.42 Å². The van der Waals surface area contributed by atoms with Crippen LogP contribution >= 0.6 is 0 Å². The third kappa shape index (κ3) is 4.99. The minimum Gasteiger partial charge on any atom is -0.369 e. The van der Waals surface area contributed by atoms with Crippen LogP contribution in [-0.4, -0.2) is 56.5 Å². The summed E-state index contributed by atoms with van der Waals surface area (Å²) < 4.78 is 22.3. The van der Waals surface area contributed by atoms with Crippen molar-refractivity contribution in [2.45, 2.75) is 6.42 Å². The van der Waals surface area contributed by atoms with Crippen LogP contribution in [0.4, 0.5) is 5.82 Å². The zero-order valence-corrected chi connectivity index (χ0v) is 12.9. The number of nitrogens with zero attached hydrogens (tertiary/aromatic N) is 3. The molecular weight excluding hydrogens is 288 g/mol. The Morgan fingerprint density at radius 3 is 3.10 bits per heavy atom. The molecule has 0 radical (unpaired) electrons. The summed E-state index contributed by atoms with van der Waals surface area (Å²) in [5.74, 6) is 1.29. The summed E-state index contributed by atoms with van der Waals surface area (Å²) in [7, 11) is -2.90. The number of rotatable bonds is 6. The Balaban J connectivity index is 1.79. The fourth-order valence-electron chi connectivity index (χ4n) is 2.45. The molecule has 1 fully saturated rings. The average Bonchev–Trinajstić information content (AvgIpc) is 2.90. The van der Waals surface area contributed by atoms with E-state index in [0.717, 1.165) is 26.1 Å². The summed E-state index contributed by atoms with van der Waals surface area (Å²) in [4.78, 5) is 6.35. The summed E-state index contributed by atoms with van der Waals surface area (Å²) in [6, 6.07) is 5.60. The molecule has 114 valence electrons. The Hall–Kier alpha value is -1.65. The molecule has 1 aromatic heterocycles. The zero-order valence-electron chi connectivity index (χ0n) is 12.1. The van der Waals surface area contributed by atoms with E-state index in [0.29, 0.717) is 23.8 Å². The van der Waals surface area contributed by atoms with Gasteiger partial charge in [0.1, 0.15) is 21.7 Å². The first-order valence-electron chi connectivity index (χ1n) is 6.97. The first-order valence-corrected chi connectivity index (χ1v) is 9.03. The smallest absolute Gasteiger partial charge is 0.148 e. The Morgan fingerprint density at radius 2 is 2.38 bits per heavy atom. The third-order valence-corrected chi connectivity index (χ3v) is 4.56. The van der Waals surface area contributed by atoms with Gasteiger partial charge in [0.25, 0.3) is 0 Å². The maximum Gasteiger partial charge on any atom is 0.148 e. The highest BCUT2D eigenvalue weighted by Gasteiger charge is 2.23. The van der Waals surface area contributed by atoms with Gasteiger partial charge in [-0.05, 0) is 31.0 Å². The number of sulfone groups is 1. The normalized spacial score (nSPS) is 19.3. The Morgan fingerprint density at radius 1 is 1.57 bits per heavy atom. The minimum absolute atomic E-state index is 0.214. The number of nitrogens with one attached hydrogen (secondary N) is 1. The number of anilines is 1. The van der Waals surface area contributed by atoms with Crippen molar-refractivity contribution in [1.29, 1.82) is 5.26 Å². The highest BCUT2D eigenvalue weighted by Crippen LogP contribution is 2.18. The van der Waals surface area contributed by atoms with E-state index in [-0.39, 0.29) is 5.75 Å². The van der Waals surface area contributed by atoms with E-state index in [4.69, 9.17) is 5.26 Å². The molecule has 1 aromatic rings. The second-order valence-corrected chi connectivity index (χ2v) is 7.74. The lowest BCUT2D eigenvalue weighted by molar-refractivity contribution is 0.345. The summed E-state index contributed by atoms with van der Waals surface area (Å²) >= 11 is 0. The van der Waals surface area contributed by atoms with E-state index in [1.54, 1.807) is 18.3 Å². The molecule has 0 amide bonds. The molecule has 2 rings (SSSR count). The lowest BCUT2D eigenvalue weighted by Crippen LogP contribution is -2.28. The van der Waals surface area contributed by atoms with E-state index in [1.807, 2.05) is 0 Å². The van der Waals surface area contributed by atoms with Crippen LogP contribution < -0.4 is 5.32 Å². The molecule has 1 aliphatic heterocycles. The van der Waals surface area contributed by atoms with Crippen molar-refractivity contribution in [2.24, 2.45) is 5.92 Å². The third-order valence-electron chi connectivity index (χ3n) is 3.63. The van der Waals surface area contributed by atoms with Crippen LogP contribution in [0, 0.1) is 17.2 Å². The lowest BCUT2D eigenvalue weighted by Gasteiger charge is -2.16. The molecule has 0 unspecified atom stereocenters. The Bertz CT molecular complexity index is 624. The monoisotopic (exact) mass is 308 g/mol. The van der Waals surface area contributed by atoms with Crippen molar-refractivity contribution in [3.05, 3.63) is 23.9 Å². The molecular formula is C14H20N4O2S. The fraction of sp³-hybridized carbons (Fsp3) is 0.571. The largest absolute Gasteiger partial charge is 0.369 e. The Labute approximate surface area is 125 Å². The van der Waals surface area contributed by atoms with Crippen molar-refractivity contribution < 1.29 is 8.42 Å². The molecule has 2 heterocycles. The van der Waals surface area contributed by atoms with Gasteiger partial charge in [0.2, 0.25) is 0 Å². The number of likely N-dealkylation sites (tertiary alicyclic amines) is 1. The van der Waals surface area contributed by atoms with Crippen LogP contribution in [0.15, 0.2) is 18.3 Å². The van der Waals surface area contributed by atoms with Crippen LogP contribution in [0.25, 0.3) is 0 Å². The molecule has 6 nitrogen and oxygen atoms in total. The van der Waals surface area contributed by atoms with Gasteiger partial charge < -0.3 is 10.2 Å².